The largest absolute Gasteiger partial charge is 0.354 e. The van der Waals surface area contributed by atoms with Gasteiger partial charge in [-0.1, -0.05) is 0 Å². The Morgan fingerprint density at radius 2 is 1.91 bits per heavy atom. The van der Waals surface area contributed by atoms with E-state index in [1.807, 2.05) is 0 Å². The highest BCUT2D eigenvalue weighted by Gasteiger charge is 2.42. The van der Waals surface area contributed by atoms with E-state index in [1.165, 1.54) is 6.21 Å². The number of rotatable bonds is 5. The van der Waals surface area contributed by atoms with Crippen molar-refractivity contribution < 1.29 is 22.5 Å². The number of fused-ring (bicyclic) bond motifs is 3. The monoisotopic (exact) mass is 482 g/mol. The Hall–Kier alpha value is -2.15. The number of carbonyl (C=O) groups is 1. The second kappa shape index (κ2) is 8.90. The van der Waals surface area contributed by atoms with Gasteiger partial charge in [0.25, 0.3) is 0 Å². The molecular weight excluding hydrogens is 454 g/mol. The van der Waals surface area contributed by atoms with Crippen molar-refractivity contribution in [1.29, 1.82) is 0 Å². The van der Waals surface area contributed by atoms with Gasteiger partial charge in [-0.25, -0.2) is 22.9 Å². The van der Waals surface area contributed by atoms with Crippen molar-refractivity contribution in [2.45, 2.75) is 56.0 Å². The van der Waals surface area contributed by atoms with Crippen molar-refractivity contribution >= 4 is 27.8 Å². The van der Waals surface area contributed by atoms with E-state index in [2.05, 4.69) is 20.1 Å². The quantitative estimate of drug-likeness (QED) is 0.589. The first-order chi connectivity index (χ1) is 15.9. The molecule has 0 radical (unpaired) electrons. The summed E-state index contributed by atoms with van der Waals surface area (Å²) < 4.78 is 50.1. The van der Waals surface area contributed by atoms with E-state index >= 15 is 0 Å². The van der Waals surface area contributed by atoms with Gasteiger partial charge >= 0.3 is 6.03 Å². The number of hydrazone groups is 1. The summed E-state index contributed by atoms with van der Waals surface area (Å²) in [5.74, 6) is -0.136. The zero-order valence-electron chi connectivity index (χ0n) is 18.2. The van der Waals surface area contributed by atoms with Gasteiger partial charge in [0.1, 0.15) is 27.7 Å². The summed E-state index contributed by atoms with van der Waals surface area (Å²) in [5.41, 5.74) is 3.58. The summed E-state index contributed by atoms with van der Waals surface area (Å²) in [4.78, 5) is 12.8. The Morgan fingerprint density at radius 1 is 1.24 bits per heavy atom. The molecule has 5 rings (SSSR count). The number of nitrogens with zero attached hydrogens (tertiary/aromatic N) is 3. The van der Waals surface area contributed by atoms with Crippen LogP contribution in [0.1, 0.15) is 35.1 Å². The Kier molecular flexibility index (Phi) is 6.10. The van der Waals surface area contributed by atoms with E-state index in [1.54, 1.807) is 5.01 Å². The van der Waals surface area contributed by atoms with Crippen molar-refractivity contribution in [1.82, 2.24) is 10.3 Å². The Balaban J connectivity index is 1.34. The lowest BCUT2D eigenvalue weighted by molar-refractivity contribution is -0.0921. The van der Waals surface area contributed by atoms with Crippen LogP contribution >= 0.6 is 0 Å². The molecule has 0 spiro atoms. The van der Waals surface area contributed by atoms with Crippen LogP contribution in [0.5, 0.6) is 0 Å². The number of hydrogen-bond acceptors (Lipinski definition) is 6. The van der Waals surface area contributed by atoms with Crippen molar-refractivity contribution in [2.75, 3.05) is 31.7 Å². The van der Waals surface area contributed by atoms with Gasteiger partial charge in [0.2, 0.25) is 0 Å². The van der Waals surface area contributed by atoms with Crippen LogP contribution in [0.3, 0.4) is 0 Å². The average molecular weight is 483 g/mol. The molecule has 2 heterocycles. The molecule has 1 aromatic rings. The molecule has 9 nitrogen and oxygen atoms in total. The van der Waals surface area contributed by atoms with E-state index < -0.39 is 34.1 Å². The van der Waals surface area contributed by atoms with E-state index in [-0.39, 0.29) is 25.0 Å². The number of ether oxygens (including phenoxy) is 1. The minimum atomic E-state index is -3.53. The van der Waals surface area contributed by atoms with E-state index in [4.69, 9.17) is 9.88 Å². The first-order valence-electron chi connectivity index (χ1n) is 11.3. The number of anilines is 1. The summed E-state index contributed by atoms with van der Waals surface area (Å²) in [6, 6.07) is -0.938. The van der Waals surface area contributed by atoms with Gasteiger partial charge in [-0.3, -0.25) is 5.01 Å². The molecule has 12 heteroatoms. The normalized spacial score (nSPS) is 27.1. The molecule has 1 saturated heterocycles. The molecule has 3 unspecified atom stereocenters. The molecule has 0 saturated carbocycles. The maximum atomic E-state index is 14.9. The third kappa shape index (κ3) is 4.13. The maximum absolute atomic E-state index is 14.9. The molecule has 2 aliphatic heterocycles. The van der Waals surface area contributed by atoms with Crippen LogP contribution in [0.25, 0.3) is 0 Å². The second-order valence-corrected chi connectivity index (χ2v) is 10.8. The molecule has 4 N–H and O–H groups in total. The number of hydrogen-bond donors (Lipinski definition) is 3. The molecule has 1 aromatic carbocycles. The topological polar surface area (TPSA) is 121 Å². The maximum Gasteiger partial charge on any atom is 0.354 e. The van der Waals surface area contributed by atoms with E-state index in [0.29, 0.717) is 49.0 Å². The van der Waals surface area contributed by atoms with Gasteiger partial charge in [-0.15, -0.1) is 4.36 Å². The summed E-state index contributed by atoms with van der Waals surface area (Å²) in [6.07, 6.45) is 5.02. The number of nitrogens with one attached hydrogen (secondary N) is 2. The molecule has 4 atom stereocenters. The number of benzene rings is 1. The number of carbonyl (C=O) groups excluding carboxylic acids is 1. The van der Waals surface area contributed by atoms with Crippen LogP contribution in [0.2, 0.25) is 0 Å². The molecular formula is C21H28F2N6O3S. The Labute approximate surface area is 191 Å². The fourth-order valence-corrected chi connectivity index (χ4v) is 6.49. The highest BCUT2D eigenvalue weighted by Crippen LogP contribution is 2.41. The lowest BCUT2D eigenvalue weighted by Crippen LogP contribution is -2.55. The number of amides is 2. The highest BCUT2D eigenvalue weighted by atomic mass is 32.2. The zero-order valence-corrected chi connectivity index (χ0v) is 19.0. The summed E-state index contributed by atoms with van der Waals surface area (Å²) in [7, 11) is -3.53. The number of nitrogens with two attached hydrogens (primary N) is 1. The van der Waals surface area contributed by atoms with Crippen molar-refractivity contribution in [3.63, 3.8) is 0 Å². The standard InChI is InChI=1S/C21H28F2N6O3S/c22-7-8-25-12-10-29-20(32-11-12)17(9-26-29)33(24,31)28-21(30)27-19-15-5-1-3-13(15)18(23)14-4-2-6-16(14)19/h9,12,17,20,25H,1-8,10-11H2,(H3,24,27,28,30,31)/t12-,17?,20?,33?/m0/s1. The van der Waals surface area contributed by atoms with E-state index in [9.17, 15) is 17.8 Å². The summed E-state index contributed by atoms with van der Waals surface area (Å²) in [5, 5.41) is 16.7. The van der Waals surface area contributed by atoms with E-state index in [0.717, 1.165) is 24.0 Å². The molecule has 33 heavy (non-hydrogen) atoms. The molecule has 0 bridgehead atoms. The van der Waals surface area contributed by atoms with Crippen LogP contribution in [0.4, 0.5) is 19.3 Å². The van der Waals surface area contributed by atoms with Gasteiger partial charge in [-0.05, 0) is 60.8 Å². The Bertz CT molecular complexity index is 1080. The minimum Gasteiger partial charge on any atom is -0.353 e. The minimum absolute atomic E-state index is 0.121. The molecule has 2 amide bonds. The lowest BCUT2D eigenvalue weighted by atomic mass is 9.98. The third-order valence-corrected chi connectivity index (χ3v) is 8.34. The van der Waals surface area contributed by atoms with Gasteiger partial charge in [0, 0.05) is 24.5 Å². The number of alkyl halides is 1. The number of urea groups is 1. The molecule has 1 fully saturated rings. The molecule has 0 aromatic heterocycles. The predicted molar refractivity (Wildman–Crippen MR) is 121 cm³/mol. The zero-order chi connectivity index (χ0) is 23.2. The first-order valence-corrected chi connectivity index (χ1v) is 12.9. The third-order valence-electron chi connectivity index (χ3n) is 6.76. The van der Waals surface area contributed by atoms with Crippen LogP contribution < -0.4 is 15.8 Å². The van der Waals surface area contributed by atoms with Gasteiger partial charge < -0.3 is 15.4 Å². The first kappa shape index (κ1) is 22.6. The highest BCUT2D eigenvalue weighted by molar-refractivity contribution is 7.93. The van der Waals surface area contributed by atoms with Gasteiger partial charge in [-0.2, -0.15) is 5.10 Å². The smallest absolute Gasteiger partial charge is 0.353 e. The summed E-state index contributed by atoms with van der Waals surface area (Å²) >= 11 is 0. The molecule has 4 aliphatic rings. The number of halogens is 2. The van der Waals surface area contributed by atoms with Crippen LogP contribution in [-0.4, -0.2) is 65.4 Å². The van der Waals surface area contributed by atoms with Crippen molar-refractivity contribution in [3.05, 3.63) is 28.1 Å². The van der Waals surface area contributed by atoms with Crippen LogP contribution in [-0.2, 0) is 40.3 Å². The molecule has 2 aliphatic carbocycles. The lowest BCUT2D eigenvalue weighted by Gasteiger charge is -2.36. The van der Waals surface area contributed by atoms with Crippen LogP contribution in [0, 0.1) is 5.82 Å². The molecule has 180 valence electrons. The van der Waals surface area contributed by atoms with Gasteiger partial charge in [0.15, 0.2) is 6.23 Å². The fraction of sp³-hybridized carbons (Fsp3) is 0.619. The predicted octanol–water partition coefficient (Wildman–Crippen LogP) is 1.63. The SMILES string of the molecule is NS(=O)(=NC(=O)Nc1c2c(c(F)c3c1CCC3)CCC2)C1C=NN2C[C@H](NCCF)COC12. The average Bonchev–Trinajstić information content (AvgIpc) is 3.53. The Morgan fingerprint density at radius 3 is 2.58 bits per heavy atom. The van der Waals surface area contributed by atoms with Crippen molar-refractivity contribution in [3.8, 4) is 0 Å². The summed E-state index contributed by atoms with van der Waals surface area (Å²) in [6.45, 7) is 0.431. The van der Waals surface area contributed by atoms with Crippen molar-refractivity contribution in [2.24, 2.45) is 14.6 Å². The van der Waals surface area contributed by atoms with Crippen LogP contribution in [0.15, 0.2) is 9.46 Å². The second-order valence-electron chi connectivity index (χ2n) is 8.86. The van der Waals surface area contributed by atoms with Gasteiger partial charge in [0.05, 0.1) is 13.2 Å². The fourth-order valence-electron chi connectivity index (χ4n) is 5.28.